The van der Waals surface area contributed by atoms with Gasteiger partial charge in [-0.25, -0.2) is 8.42 Å². The van der Waals surface area contributed by atoms with Crippen LogP contribution in [0.5, 0.6) is 0 Å². The first kappa shape index (κ1) is 22.4. The van der Waals surface area contributed by atoms with Gasteiger partial charge in [0.2, 0.25) is 0 Å². The van der Waals surface area contributed by atoms with E-state index >= 15 is 0 Å². The molecule has 4 aromatic rings. The molecule has 3 aromatic carbocycles. The van der Waals surface area contributed by atoms with Gasteiger partial charge in [0.15, 0.2) is 9.84 Å². The first-order chi connectivity index (χ1) is 15.9. The second-order valence-electron chi connectivity index (χ2n) is 7.24. The fourth-order valence-electron chi connectivity index (χ4n) is 3.17. The molecule has 166 valence electrons. The van der Waals surface area contributed by atoms with E-state index in [9.17, 15) is 18.0 Å². The molecule has 0 saturated carbocycles. The predicted molar refractivity (Wildman–Crippen MR) is 130 cm³/mol. The van der Waals surface area contributed by atoms with Crippen LogP contribution in [0.4, 0.5) is 11.4 Å². The quantitative estimate of drug-likeness (QED) is 0.382. The van der Waals surface area contributed by atoms with E-state index in [0.717, 1.165) is 0 Å². The van der Waals surface area contributed by atoms with E-state index in [1.54, 1.807) is 84.9 Å². The summed E-state index contributed by atoms with van der Waals surface area (Å²) in [4.78, 5) is 25.7. The van der Waals surface area contributed by atoms with Gasteiger partial charge in [-0.1, -0.05) is 36.4 Å². The third kappa shape index (κ3) is 5.74. The molecule has 0 aliphatic carbocycles. The standard InChI is InChI=1S/C25H20N2O4S2/c28-24(26-20-11-13-21(14-12-20)27-25(29)23-10-5-15-32-23)19-7-4-6-18(16-19)17-33(30,31)22-8-2-1-3-9-22/h1-16H,17H2,(H,26,28)(H,27,29). The SMILES string of the molecule is O=C(Nc1ccc(NC(=O)c2cccs2)cc1)c1cccc(CS(=O)(=O)c2ccccc2)c1. The number of anilines is 2. The van der Waals surface area contributed by atoms with Crippen LogP contribution in [0.3, 0.4) is 0 Å². The number of rotatable bonds is 7. The van der Waals surface area contributed by atoms with E-state index in [4.69, 9.17) is 0 Å². The van der Waals surface area contributed by atoms with Gasteiger partial charge in [0, 0.05) is 16.9 Å². The highest BCUT2D eigenvalue weighted by atomic mass is 32.2. The van der Waals surface area contributed by atoms with Crippen molar-refractivity contribution < 1.29 is 18.0 Å². The van der Waals surface area contributed by atoms with Crippen LogP contribution in [0.25, 0.3) is 0 Å². The van der Waals surface area contributed by atoms with Crippen LogP contribution < -0.4 is 10.6 Å². The van der Waals surface area contributed by atoms with Crippen LogP contribution >= 0.6 is 11.3 Å². The molecule has 0 fully saturated rings. The van der Waals surface area contributed by atoms with E-state index in [1.165, 1.54) is 11.3 Å². The number of hydrogen-bond acceptors (Lipinski definition) is 5. The molecule has 6 nitrogen and oxygen atoms in total. The maximum atomic E-state index is 12.7. The maximum absolute atomic E-state index is 12.7. The Labute approximate surface area is 195 Å². The molecule has 0 unspecified atom stereocenters. The fourth-order valence-corrected chi connectivity index (χ4v) is 5.15. The zero-order chi connectivity index (χ0) is 23.3. The molecule has 0 atom stereocenters. The molecule has 33 heavy (non-hydrogen) atoms. The molecular weight excluding hydrogens is 456 g/mol. The summed E-state index contributed by atoms with van der Waals surface area (Å²) in [5.74, 6) is -0.745. The molecule has 0 spiro atoms. The third-order valence-electron chi connectivity index (χ3n) is 4.79. The van der Waals surface area contributed by atoms with Crippen molar-refractivity contribution in [3.05, 3.63) is 112 Å². The van der Waals surface area contributed by atoms with Gasteiger partial charge < -0.3 is 10.6 Å². The topological polar surface area (TPSA) is 92.3 Å². The van der Waals surface area contributed by atoms with E-state index in [0.29, 0.717) is 27.4 Å². The lowest BCUT2D eigenvalue weighted by Crippen LogP contribution is -2.13. The van der Waals surface area contributed by atoms with Crippen molar-refractivity contribution in [2.45, 2.75) is 10.6 Å². The Morgan fingerprint density at radius 1 is 0.727 bits per heavy atom. The fraction of sp³-hybridized carbons (Fsp3) is 0.0400. The molecule has 0 radical (unpaired) electrons. The van der Waals surface area contributed by atoms with Gasteiger partial charge in [-0.2, -0.15) is 0 Å². The lowest BCUT2D eigenvalue weighted by atomic mass is 10.1. The number of amides is 2. The van der Waals surface area contributed by atoms with E-state index in [1.807, 2.05) is 11.4 Å². The summed E-state index contributed by atoms with van der Waals surface area (Å²) in [6, 6.07) is 25.1. The number of benzene rings is 3. The average Bonchev–Trinajstić information content (AvgIpc) is 3.36. The first-order valence-corrected chi connectivity index (χ1v) is 12.6. The summed E-state index contributed by atoms with van der Waals surface area (Å²) in [5.41, 5.74) is 2.04. The Morgan fingerprint density at radius 3 is 2.03 bits per heavy atom. The highest BCUT2D eigenvalue weighted by Gasteiger charge is 2.16. The summed E-state index contributed by atoms with van der Waals surface area (Å²) in [7, 11) is -3.51. The number of carbonyl (C=O) groups is 2. The van der Waals surface area contributed by atoms with Crippen LogP contribution in [0, 0.1) is 0 Å². The Kier molecular flexibility index (Phi) is 6.67. The Morgan fingerprint density at radius 2 is 1.39 bits per heavy atom. The second kappa shape index (κ2) is 9.81. The highest BCUT2D eigenvalue weighted by molar-refractivity contribution is 7.90. The summed E-state index contributed by atoms with van der Waals surface area (Å²) < 4.78 is 25.3. The summed E-state index contributed by atoms with van der Waals surface area (Å²) >= 11 is 1.36. The van der Waals surface area contributed by atoms with Crippen molar-refractivity contribution in [3.63, 3.8) is 0 Å². The van der Waals surface area contributed by atoms with Crippen molar-refractivity contribution in [3.8, 4) is 0 Å². The molecule has 0 aliphatic heterocycles. The van der Waals surface area contributed by atoms with Gasteiger partial charge in [-0.05, 0) is 65.5 Å². The minimum atomic E-state index is -3.51. The lowest BCUT2D eigenvalue weighted by molar-refractivity contribution is 0.102. The van der Waals surface area contributed by atoms with Crippen molar-refractivity contribution in [1.82, 2.24) is 0 Å². The monoisotopic (exact) mass is 476 g/mol. The van der Waals surface area contributed by atoms with Crippen LogP contribution in [-0.2, 0) is 15.6 Å². The Balaban J connectivity index is 1.41. The van der Waals surface area contributed by atoms with E-state index in [2.05, 4.69) is 10.6 Å². The maximum Gasteiger partial charge on any atom is 0.265 e. The van der Waals surface area contributed by atoms with Crippen molar-refractivity contribution in [2.75, 3.05) is 10.6 Å². The van der Waals surface area contributed by atoms with Crippen LogP contribution in [-0.4, -0.2) is 20.2 Å². The van der Waals surface area contributed by atoms with Gasteiger partial charge in [-0.3, -0.25) is 9.59 Å². The summed E-state index contributed by atoms with van der Waals surface area (Å²) in [6.45, 7) is 0. The molecule has 0 saturated heterocycles. The predicted octanol–water partition coefficient (Wildman–Crippen LogP) is 5.23. The molecular formula is C25H20N2O4S2. The number of sulfone groups is 1. The molecule has 8 heteroatoms. The van der Waals surface area contributed by atoms with Gasteiger partial charge in [0.25, 0.3) is 11.8 Å². The van der Waals surface area contributed by atoms with E-state index < -0.39 is 9.84 Å². The molecule has 1 aromatic heterocycles. The Hall–Kier alpha value is -3.75. The van der Waals surface area contributed by atoms with Crippen LogP contribution in [0.1, 0.15) is 25.6 Å². The largest absolute Gasteiger partial charge is 0.322 e. The summed E-state index contributed by atoms with van der Waals surface area (Å²) in [6.07, 6.45) is 0. The van der Waals surface area contributed by atoms with Crippen molar-refractivity contribution in [1.29, 1.82) is 0 Å². The lowest BCUT2D eigenvalue weighted by Gasteiger charge is -2.09. The summed E-state index contributed by atoms with van der Waals surface area (Å²) in [5, 5.41) is 7.42. The number of thiophene rings is 1. The molecule has 2 amide bonds. The number of hydrogen-bond donors (Lipinski definition) is 2. The van der Waals surface area contributed by atoms with Gasteiger partial charge >= 0.3 is 0 Å². The smallest absolute Gasteiger partial charge is 0.265 e. The minimum Gasteiger partial charge on any atom is -0.322 e. The normalized spacial score (nSPS) is 11.0. The Bertz CT molecular complexity index is 1370. The second-order valence-corrected chi connectivity index (χ2v) is 10.2. The van der Waals surface area contributed by atoms with Crippen LogP contribution in [0.15, 0.2) is 101 Å². The highest BCUT2D eigenvalue weighted by Crippen LogP contribution is 2.19. The number of nitrogens with one attached hydrogen (secondary N) is 2. The van der Waals surface area contributed by atoms with Crippen molar-refractivity contribution in [2.24, 2.45) is 0 Å². The van der Waals surface area contributed by atoms with Gasteiger partial charge in [0.1, 0.15) is 0 Å². The van der Waals surface area contributed by atoms with Crippen molar-refractivity contribution >= 4 is 44.4 Å². The first-order valence-electron chi connectivity index (χ1n) is 10.0. The molecule has 0 aliphatic rings. The molecule has 4 rings (SSSR count). The molecule has 1 heterocycles. The number of carbonyl (C=O) groups excluding carboxylic acids is 2. The molecule has 2 N–H and O–H groups in total. The molecule has 0 bridgehead atoms. The third-order valence-corrected chi connectivity index (χ3v) is 7.37. The van der Waals surface area contributed by atoms with Crippen LogP contribution in [0.2, 0.25) is 0 Å². The minimum absolute atomic E-state index is 0.191. The zero-order valence-corrected chi connectivity index (χ0v) is 19.0. The van der Waals surface area contributed by atoms with Gasteiger partial charge in [-0.15, -0.1) is 11.3 Å². The van der Waals surface area contributed by atoms with E-state index in [-0.39, 0.29) is 22.5 Å². The average molecular weight is 477 g/mol. The zero-order valence-electron chi connectivity index (χ0n) is 17.4. The van der Waals surface area contributed by atoms with Gasteiger partial charge in [0.05, 0.1) is 15.5 Å².